The van der Waals surface area contributed by atoms with Crippen molar-refractivity contribution >= 4 is 23.5 Å². The number of aromatic nitrogens is 1. The number of likely N-dealkylation sites (tertiary alicyclic amines) is 1. The highest BCUT2D eigenvalue weighted by molar-refractivity contribution is 5.83. The molecule has 2 aromatic rings. The van der Waals surface area contributed by atoms with Crippen molar-refractivity contribution in [2.45, 2.75) is 70.9 Å². The molecule has 13 heteroatoms. The Bertz CT molecular complexity index is 1180. The number of carbonyl (C=O) groups excluding carboxylic acids is 1. The number of carbonyl (C=O) groups is 3. The summed E-state index contributed by atoms with van der Waals surface area (Å²) >= 11 is 0. The number of para-hydroxylation sites is 2. The third-order valence-corrected chi connectivity index (χ3v) is 7.78. The fraction of sp³-hybridized carbons (Fsp3) is 0.567. The molecule has 43 heavy (non-hydrogen) atoms. The molecule has 1 aromatic heterocycles. The van der Waals surface area contributed by atoms with Gasteiger partial charge in [0.05, 0.1) is 18.3 Å². The van der Waals surface area contributed by atoms with Crippen LogP contribution in [0.1, 0.15) is 50.9 Å². The zero-order valence-corrected chi connectivity index (χ0v) is 25.2. The van der Waals surface area contributed by atoms with Gasteiger partial charge in [-0.15, -0.1) is 0 Å². The first-order chi connectivity index (χ1) is 20.0. The van der Waals surface area contributed by atoms with Gasteiger partial charge in [-0.3, -0.25) is 9.69 Å². The maximum atomic E-state index is 12.2. The quantitative estimate of drug-likeness (QED) is 0.288. The number of carboxylic acids is 2. The lowest BCUT2D eigenvalue weighted by Gasteiger charge is -2.37. The van der Waals surface area contributed by atoms with Crippen molar-refractivity contribution in [3.8, 4) is 5.75 Å². The van der Waals surface area contributed by atoms with Crippen LogP contribution in [0.4, 0.5) is 5.69 Å². The summed E-state index contributed by atoms with van der Waals surface area (Å²) in [6, 6.07) is 12.8. The largest absolute Gasteiger partial charge is 0.489 e. The molecule has 240 valence electrons. The summed E-state index contributed by atoms with van der Waals surface area (Å²) < 4.78 is 8.45. The van der Waals surface area contributed by atoms with Crippen LogP contribution in [0.25, 0.3) is 0 Å². The van der Waals surface area contributed by atoms with Gasteiger partial charge in [0.1, 0.15) is 5.75 Å². The van der Waals surface area contributed by atoms with Crippen molar-refractivity contribution in [3.05, 3.63) is 47.8 Å². The third kappa shape index (κ3) is 9.95. The fourth-order valence-electron chi connectivity index (χ4n) is 4.91. The topological polar surface area (TPSA) is 188 Å². The van der Waals surface area contributed by atoms with E-state index in [-0.39, 0.29) is 11.6 Å². The normalized spacial score (nSPS) is 17.7. The van der Waals surface area contributed by atoms with E-state index in [4.69, 9.17) is 25.2 Å². The second-order valence-corrected chi connectivity index (χ2v) is 10.8. The Morgan fingerprint density at radius 1 is 0.884 bits per heavy atom. The van der Waals surface area contributed by atoms with Gasteiger partial charge in [-0.25, -0.2) is 9.59 Å². The first kappa shape index (κ1) is 35.5. The highest BCUT2D eigenvalue weighted by Crippen LogP contribution is 2.30. The first-order valence-electron chi connectivity index (χ1n) is 14.5. The number of hydrogen-bond acceptors (Lipinski definition) is 8. The molecular weight excluding hydrogens is 560 g/mol. The number of aliphatic hydroxyl groups is 2. The van der Waals surface area contributed by atoms with Gasteiger partial charge in [0.2, 0.25) is 5.91 Å². The molecule has 3 atom stereocenters. The lowest BCUT2D eigenvalue weighted by molar-refractivity contribution is -0.165. The lowest BCUT2D eigenvalue weighted by atomic mass is 10.1. The van der Waals surface area contributed by atoms with Crippen LogP contribution in [-0.4, -0.2) is 109 Å². The minimum Gasteiger partial charge on any atom is -0.489 e. The molecule has 6 N–H and O–H groups in total. The van der Waals surface area contributed by atoms with Crippen LogP contribution in [0.3, 0.4) is 0 Å². The van der Waals surface area contributed by atoms with E-state index < -0.39 is 24.1 Å². The number of piperazine rings is 1. The van der Waals surface area contributed by atoms with Gasteiger partial charge in [-0.2, -0.15) is 0 Å². The summed E-state index contributed by atoms with van der Waals surface area (Å²) in [5.41, 5.74) is 3.75. The molecule has 2 fully saturated rings. The summed E-state index contributed by atoms with van der Waals surface area (Å²) in [5.74, 6) is -2.24. The number of carboxylic acid groups (broad SMARTS) is 2. The average Bonchev–Trinajstić information content (AvgIpc) is 3.32. The molecule has 1 amide bonds. The Balaban J connectivity index is 0.000000507. The van der Waals surface area contributed by atoms with Gasteiger partial charge in [-0.1, -0.05) is 19.1 Å². The van der Waals surface area contributed by atoms with Crippen molar-refractivity contribution in [2.24, 2.45) is 7.05 Å². The number of anilines is 1. The van der Waals surface area contributed by atoms with Gasteiger partial charge in [-0.05, 0) is 50.5 Å². The Morgan fingerprint density at radius 3 is 2.02 bits per heavy atom. The van der Waals surface area contributed by atoms with Crippen molar-refractivity contribution in [3.63, 3.8) is 0 Å². The maximum absolute atomic E-state index is 12.2. The highest BCUT2D eigenvalue weighted by Gasteiger charge is 2.29. The van der Waals surface area contributed by atoms with Crippen molar-refractivity contribution in [1.29, 1.82) is 0 Å². The third-order valence-electron chi connectivity index (χ3n) is 7.78. The fourth-order valence-corrected chi connectivity index (χ4v) is 4.91. The van der Waals surface area contributed by atoms with Crippen molar-refractivity contribution in [1.82, 2.24) is 14.4 Å². The second-order valence-electron chi connectivity index (χ2n) is 10.8. The molecule has 2 aliphatic rings. The summed E-state index contributed by atoms with van der Waals surface area (Å²) in [6.45, 7) is 10.9. The molecule has 3 heterocycles. The van der Waals surface area contributed by atoms with E-state index in [0.717, 1.165) is 70.8 Å². The van der Waals surface area contributed by atoms with Crippen molar-refractivity contribution < 1.29 is 45.0 Å². The number of amides is 1. The molecule has 2 unspecified atom stereocenters. The van der Waals surface area contributed by atoms with E-state index in [0.29, 0.717) is 12.3 Å². The van der Waals surface area contributed by atoms with Gasteiger partial charge >= 0.3 is 11.9 Å². The minimum atomic E-state index is -2.27. The summed E-state index contributed by atoms with van der Waals surface area (Å²) in [4.78, 5) is 38.7. The van der Waals surface area contributed by atoms with Crippen LogP contribution < -0.4 is 9.64 Å². The van der Waals surface area contributed by atoms with Gasteiger partial charge < -0.3 is 45.0 Å². The van der Waals surface area contributed by atoms with Crippen LogP contribution in [0, 0.1) is 0 Å². The van der Waals surface area contributed by atoms with E-state index >= 15 is 0 Å². The molecule has 1 aromatic carbocycles. The molecule has 0 radical (unpaired) electrons. The zero-order chi connectivity index (χ0) is 30.8. The lowest BCUT2D eigenvalue weighted by Crippen LogP contribution is -2.46. The van der Waals surface area contributed by atoms with Crippen LogP contribution >= 0.6 is 0 Å². The molecule has 0 spiro atoms. The van der Waals surface area contributed by atoms with Gasteiger partial charge in [0.25, 0.3) is 0 Å². The Hall–Kier alpha value is -3.65. The second kappa shape index (κ2) is 16.8. The molecule has 2 aliphatic heterocycles. The predicted octanol–water partition coefficient (Wildman–Crippen LogP) is 1.09. The average molecular weight is 607 g/mol. The zero-order valence-electron chi connectivity index (χ0n) is 25.2. The van der Waals surface area contributed by atoms with Crippen molar-refractivity contribution in [2.75, 3.05) is 37.6 Å². The minimum absolute atomic E-state index is 0. The number of rotatable bonds is 11. The predicted molar refractivity (Wildman–Crippen MR) is 160 cm³/mol. The van der Waals surface area contributed by atoms with Crippen LogP contribution in [0.5, 0.6) is 5.75 Å². The van der Waals surface area contributed by atoms with Gasteiger partial charge in [0, 0.05) is 64.1 Å². The van der Waals surface area contributed by atoms with E-state index in [1.165, 1.54) is 17.1 Å². The van der Waals surface area contributed by atoms with E-state index in [2.05, 4.69) is 71.7 Å². The molecule has 4 rings (SSSR count). The SMILES string of the molecule is CC[C@@H](C)Oc1ccccc1N1CCN(Cc2ccc(CN3CCCCC3=O)n2C)CC1.O.O=C(O)C(O)C(O)C(=O)O. The van der Waals surface area contributed by atoms with Crippen LogP contribution in [0.15, 0.2) is 36.4 Å². The maximum Gasteiger partial charge on any atom is 0.335 e. The van der Waals surface area contributed by atoms with Crippen LogP contribution in [-0.2, 0) is 34.5 Å². The molecule has 0 saturated carbocycles. The van der Waals surface area contributed by atoms with Gasteiger partial charge in [0.15, 0.2) is 12.2 Å². The van der Waals surface area contributed by atoms with E-state index in [1.54, 1.807) is 0 Å². The Morgan fingerprint density at radius 2 is 1.47 bits per heavy atom. The summed E-state index contributed by atoms with van der Waals surface area (Å²) in [6.07, 6.45) is -0.439. The highest BCUT2D eigenvalue weighted by atomic mass is 16.5. The number of aliphatic hydroxyl groups excluding tert-OH is 2. The summed E-state index contributed by atoms with van der Waals surface area (Å²) in [7, 11) is 2.14. The molecule has 0 aliphatic carbocycles. The smallest absolute Gasteiger partial charge is 0.335 e. The monoisotopic (exact) mass is 606 g/mol. The van der Waals surface area contributed by atoms with E-state index in [1.807, 2.05) is 4.90 Å². The van der Waals surface area contributed by atoms with Crippen LogP contribution in [0.2, 0.25) is 0 Å². The Labute approximate surface area is 252 Å². The standard InChI is InChI=1S/C26H38N4O2.C4H6O6.H2O/c1-4-21(2)32-25-10-6-5-9-24(25)29-17-15-28(16-18-29)19-22-12-13-23(27(22)3)20-30-14-8-7-11-26(30)31;5-1(3(7)8)2(6)4(9)10;/h5-6,9-10,12-13,21H,4,7-8,11,14-20H2,1-3H3;1-2,5-6H,(H,7,8)(H,9,10);1H2/t21-;;/m1../s1. The number of piperidine rings is 1. The molecule has 0 bridgehead atoms. The molecular formula is C30H46N4O9. The number of aliphatic carboxylic acids is 2. The molecule has 2 saturated heterocycles. The van der Waals surface area contributed by atoms with E-state index in [9.17, 15) is 14.4 Å². The number of hydrogen-bond donors (Lipinski definition) is 4. The Kier molecular flexibility index (Phi) is 13.9. The summed E-state index contributed by atoms with van der Waals surface area (Å²) in [5, 5.41) is 32.5. The number of nitrogens with zero attached hydrogens (tertiary/aromatic N) is 4. The number of benzene rings is 1. The first-order valence-corrected chi connectivity index (χ1v) is 14.5. The number of ether oxygens (including phenoxy) is 1. The molecule has 13 nitrogen and oxygen atoms in total.